The lowest BCUT2D eigenvalue weighted by Gasteiger charge is -2.12. The first-order valence-electron chi connectivity index (χ1n) is 4.34. The van der Waals surface area contributed by atoms with Gasteiger partial charge in [0.1, 0.15) is 0 Å². The Morgan fingerprint density at radius 3 is 1.82 bits per heavy atom. The summed E-state index contributed by atoms with van der Waals surface area (Å²) in [4.78, 5) is 0. The zero-order valence-corrected chi connectivity index (χ0v) is 9.07. The molecular formula is C8H14S3. The van der Waals surface area contributed by atoms with Crippen LogP contribution in [0.5, 0.6) is 0 Å². The Morgan fingerprint density at radius 1 is 0.909 bits per heavy atom. The lowest BCUT2D eigenvalue weighted by molar-refractivity contribution is 0.903. The van der Waals surface area contributed by atoms with Crippen molar-refractivity contribution < 1.29 is 0 Å². The van der Waals surface area contributed by atoms with Crippen molar-refractivity contribution in [1.29, 1.82) is 0 Å². The van der Waals surface area contributed by atoms with Crippen LogP contribution in [0.3, 0.4) is 0 Å². The van der Waals surface area contributed by atoms with Crippen molar-refractivity contribution >= 4 is 35.3 Å². The number of rotatable bonds is 2. The van der Waals surface area contributed by atoms with E-state index in [1.54, 1.807) is 0 Å². The van der Waals surface area contributed by atoms with E-state index in [1.165, 1.54) is 37.2 Å². The zero-order chi connectivity index (χ0) is 7.52. The third-order valence-electron chi connectivity index (χ3n) is 2.08. The highest BCUT2D eigenvalue weighted by Gasteiger charge is 2.23. The molecule has 3 heteroatoms. The van der Waals surface area contributed by atoms with Gasteiger partial charge in [0.05, 0.1) is 9.16 Å². The largest absolute Gasteiger partial charge is 0.148 e. The Hall–Kier alpha value is 1.05. The molecular weight excluding hydrogens is 192 g/mol. The van der Waals surface area contributed by atoms with E-state index in [1.807, 2.05) is 0 Å². The maximum Gasteiger partial charge on any atom is 0.0513 e. The van der Waals surface area contributed by atoms with Gasteiger partial charge in [0, 0.05) is 0 Å². The molecule has 2 aliphatic heterocycles. The maximum absolute atomic E-state index is 2.24. The topological polar surface area (TPSA) is 0 Å². The fraction of sp³-hybridized carbons (Fsp3) is 1.00. The van der Waals surface area contributed by atoms with E-state index in [9.17, 15) is 0 Å². The summed E-state index contributed by atoms with van der Waals surface area (Å²) in [5.41, 5.74) is 0. The van der Waals surface area contributed by atoms with Gasteiger partial charge in [0.25, 0.3) is 0 Å². The minimum absolute atomic E-state index is 0.950. The van der Waals surface area contributed by atoms with Crippen LogP contribution in [0.25, 0.3) is 0 Å². The van der Waals surface area contributed by atoms with Crippen molar-refractivity contribution in [2.45, 2.75) is 34.8 Å². The fourth-order valence-electron chi connectivity index (χ4n) is 1.48. The molecule has 0 saturated carbocycles. The molecule has 2 atom stereocenters. The number of thioether (sulfide) groups is 3. The van der Waals surface area contributed by atoms with Gasteiger partial charge < -0.3 is 0 Å². The molecule has 2 fully saturated rings. The van der Waals surface area contributed by atoms with E-state index < -0.39 is 0 Å². The molecule has 0 amide bonds. The van der Waals surface area contributed by atoms with Crippen LogP contribution >= 0.6 is 35.3 Å². The number of hydrogen-bond acceptors (Lipinski definition) is 3. The SMILES string of the molecule is C1CSC(SC2CCCS2)C1. The van der Waals surface area contributed by atoms with E-state index >= 15 is 0 Å². The van der Waals surface area contributed by atoms with Gasteiger partial charge in [-0.25, -0.2) is 0 Å². The number of hydrogen-bond donors (Lipinski definition) is 0. The molecule has 64 valence electrons. The van der Waals surface area contributed by atoms with Crippen LogP contribution in [0.2, 0.25) is 0 Å². The molecule has 0 aromatic rings. The Morgan fingerprint density at radius 2 is 1.45 bits per heavy atom. The highest BCUT2D eigenvalue weighted by Crippen LogP contribution is 2.44. The molecule has 0 N–H and O–H groups in total. The maximum atomic E-state index is 2.24. The van der Waals surface area contributed by atoms with Gasteiger partial charge in [-0.05, 0) is 37.2 Å². The Labute approximate surface area is 81.7 Å². The fourth-order valence-corrected chi connectivity index (χ4v) is 6.50. The van der Waals surface area contributed by atoms with Crippen LogP contribution in [0, 0.1) is 0 Å². The quantitative estimate of drug-likeness (QED) is 0.679. The first-order valence-corrected chi connectivity index (χ1v) is 7.38. The summed E-state index contributed by atoms with van der Waals surface area (Å²) in [6.07, 6.45) is 5.85. The predicted molar refractivity (Wildman–Crippen MR) is 58.6 cm³/mol. The van der Waals surface area contributed by atoms with Crippen LogP contribution in [0.1, 0.15) is 25.7 Å². The second kappa shape index (κ2) is 4.33. The molecule has 0 aromatic carbocycles. The average molecular weight is 206 g/mol. The molecule has 0 spiro atoms. The van der Waals surface area contributed by atoms with Crippen molar-refractivity contribution in [3.05, 3.63) is 0 Å². The summed E-state index contributed by atoms with van der Waals surface area (Å²) in [5.74, 6) is 2.82. The minimum Gasteiger partial charge on any atom is -0.148 e. The molecule has 0 bridgehead atoms. The molecule has 2 heterocycles. The summed E-state index contributed by atoms with van der Waals surface area (Å²) in [6, 6.07) is 0. The first kappa shape index (κ1) is 8.64. The van der Waals surface area contributed by atoms with Crippen molar-refractivity contribution in [2.75, 3.05) is 11.5 Å². The molecule has 0 aliphatic carbocycles. The average Bonchev–Trinajstić information content (AvgIpc) is 2.60. The zero-order valence-electron chi connectivity index (χ0n) is 6.62. The minimum atomic E-state index is 0.950. The van der Waals surface area contributed by atoms with Gasteiger partial charge in [-0.2, -0.15) is 0 Å². The van der Waals surface area contributed by atoms with Crippen LogP contribution < -0.4 is 0 Å². The highest BCUT2D eigenvalue weighted by atomic mass is 32.2. The molecule has 11 heavy (non-hydrogen) atoms. The molecule has 2 unspecified atom stereocenters. The normalized spacial score (nSPS) is 38.2. The monoisotopic (exact) mass is 206 g/mol. The summed E-state index contributed by atoms with van der Waals surface area (Å²) in [7, 11) is 0. The first-order chi connectivity index (χ1) is 5.45. The second-order valence-electron chi connectivity index (χ2n) is 3.02. The third-order valence-corrected chi connectivity index (χ3v) is 6.90. The van der Waals surface area contributed by atoms with Crippen molar-refractivity contribution in [1.82, 2.24) is 0 Å². The molecule has 0 radical (unpaired) electrons. The lowest BCUT2D eigenvalue weighted by Crippen LogP contribution is -1.97. The molecule has 0 nitrogen and oxygen atoms in total. The highest BCUT2D eigenvalue weighted by molar-refractivity contribution is 8.24. The summed E-state index contributed by atoms with van der Waals surface area (Å²) in [5, 5.41) is 0. The van der Waals surface area contributed by atoms with Crippen LogP contribution in [-0.4, -0.2) is 20.7 Å². The van der Waals surface area contributed by atoms with E-state index in [4.69, 9.17) is 0 Å². The van der Waals surface area contributed by atoms with Crippen LogP contribution in [-0.2, 0) is 0 Å². The van der Waals surface area contributed by atoms with E-state index in [0.717, 1.165) is 9.16 Å². The Bertz CT molecular complexity index is 101. The van der Waals surface area contributed by atoms with Crippen molar-refractivity contribution in [2.24, 2.45) is 0 Å². The van der Waals surface area contributed by atoms with Gasteiger partial charge in [-0.1, -0.05) is 0 Å². The van der Waals surface area contributed by atoms with Gasteiger partial charge in [0.2, 0.25) is 0 Å². The van der Waals surface area contributed by atoms with Gasteiger partial charge >= 0.3 is 0 Å². The molecule has 2 saturated heterocycles. The summed E-state index contributed by atoms with van der Waals surface area (Å²) < 4.78 is 1.90. The Kier molecular flexibility index (Phi) is 3.40. The smallest absolute Gasteiger partial charge is 0.0513 e. The predicted octanol–water partition coefficient (Wildman–Crippen LogP) is 3.43. The molecule has 0 aromatic heterocycles. The van der Waals surface area contributed by atoms with E-state index in [2.05, 4.69) is 35.3 Å². The molecule has 2 rings (SSSR count). The van der Waals surface area contributed by atoms with Crippen LogP contribution in [0.15, 0.2) is 0 Å². The summed E-state index contributed by atoms with van der Waals surface area (Å²) >= 11 is 6.60. The van der Waals surface area contributed by atoms with E-state index in [-0.39, 0.29) is 0 Å². The van der Waals surface area contributed by atoms with Crippen molar-refractivity contribution in [3.63, 3.8) is 0 Å². The van der Waals surface area contributed by atoms with Crippen molar-refractivity contribution in [3.8, 4) is 0 Å². The second-order valence-corrected chi connectivity index (χ2v) is 7.65. The van der Waals surface area contributed by atoms with Gasteiger partial charge in [-0.3, -0.25) is 0 Å². The third kappa shape index (κ3) is 2.49. The lowest BCUT2D eigenvalue weighted by atomic mass is 10.4. The molecule has 2 aliphatic rings. The Balaban J connectivity index is 1.71. The van der Waals surface area contributed by atoms with Crippen LogP contribution in [0.4, 0.5) is 0 Å². The van der Waals surface area contributed by atoms with Gasteiger partial charge in [0.15, 0.2) is 0 Å². The summed E-state index contributed by atoms with van der Waals surface area (Å²) in [6.45, 7) is 0. The standard InChI is InChI=1S/C8H14S3/c1-3-7(9-5-1)11-8-4-2-6-10-8/h7-8H,1-6H2. The van der Waals surface area contributed by atoms with Gasteiger partial charge in [-0.15, -0.1) is 35.3 Å². The van der Waals surface area contributed by atoms with E-state index in [0.29, 0.717) is 0 Å².